The molecule has 1 aliphatic rings. The molecule has 3 aromatic carbocycles. The van der Waals surface area contributed by atoms with E-state index in [1.807, 2.05) is 66.7 Å². The van der Waals surface area contributed by atoms with Crippen LogP contribution >= 0.6 is 22.9 Å². The maximum Gasteiger partial charge on any atom is 0.412 e. The molecule has 0 spiro atoms. The molecule has 0 bridgehead atoms. The topological polar surface area (TPSA) is 77.5 Å². The van der Waals surface area contributed by atoms with Crippen LogP contribution in [0.1, 0.15) is 37.0 Å². The largest absolute Gasteiger partial charge is 0.456 e. The van der Waals surface area contributed by atoms with Gasteiger partial charge in [0.2, 0.25) is 0 Å². The molecular weight excluding hydrogens is 544 g/mol. The van der Waals surface area contributed by atoms with Gasteiger partial charge in [-0.2, -0.15) is 0 Å². The van der Waals surface area contributed by atoms with Crippen molar-refractivity contribution < 1.29 is 19.1 Å². The van der Waals surface area contributed by atoms with E-state index in [1.54, 1.807) is 19.2 Å². The Morgan fingerprint density at radius 3 is 2.33 bits per heavy atom. The third kappa shape index (κ3) is 5.06. The lowest BCUT2D eigenvalue weighted by Gasteiger charge is -2.16. The lowest BCUT2D eigenvalue weighted by atomic mass is 9.99. The van der Waals surface area contributed by atoms with Gasteiger partial charge in [-0.3, -0.25) is 10.1 Å². The Kier molecular flexibility index (Phi) is 7.00. The Bertz CT molecular complexity index is 1690. The number of nitrogens with one attached hydrogen (secondary N) is 1. The Morgan fingerprint density at radius 2 is 1.65 bits per heavy atom. The summed E-state index contributed by atoms with van der Waals surface area (Å²) < 4.78 is 11.0. The fourth-order valence-corrected chi connectivity index (χ4v) is 6.27. The van der Waals surface area contributed by atoms with Crippen molar-refractivity contribution in [3.8, 4) is 21.6 Å². The highest BCUT2D eigenvalue weighted by Gasteiger charge is 2.46. The molecule has 8 heteroatoms. The van der Waals surface area contributed by atoms with E-state index in [0.717, 1.165) is 55.8 Å². The van der Waals surface area contributed by atoms with Crippen LogP contribution in [0.25, 0.3) is 31.8 Å². The summed E-state index contributed by atoms with van der Waals surface area (Å²) in [6.45, 7) is 2.32. The molecule has 1 atom stereocenters. The van der Waals surface area contributed by atoms with Crippen molar-refractivity contribution in [2.75, 3.05) is 5.32 Å². The van der Waals surface area contributed by atoms with Gasteiger partial charge in [-0.25, -0.2) is 9.78 Å². The number of aromatic nitrogens is 1. The zero-order valence-corrected chi connectivity index (χ0v) is 23.2. The van der Waals surface area contributed by atoms with E-state index < -0.39 is 17.8 Å². The first-order valence-corrected chi connectivity index (χ1v) is 14.1. The summed E-state index contributed by atoms with van der Waals surface area (Å²) in [6.07, 6.45) is 2.36. The molecule has 0 saturated heterocycles. The average Bonchev–Trinajstić information content (AvgIpc) is 3.68. The third-order valence-electron chi connectivity index (χ3n) is 7.19. The highest BCUT2D eigenvalue weighted by Crippen LogP contribution is 2.49. The molecule has 0 radical (unpaired) electrons. The van der Waals surface area contributed by atoms with Gasteiger partial charge in [-0.15, -0.1) is 11.3 Å². The summed E-state index contributed by atoms with van der Waals surface area (Å²) in [6, 6.07) is 27.4. The summed E-state index contributed by atoms with van der Waals surface area (Å²) >= 11 is 7.80. The van der Waals surface area contributed by atoms with Crippen LogP contribution < -0.4 is 5.32 Å². The fraction of sp³-hybridized carbons (Fsp3) is 0.156. The summed E-state index contributed by atoms with van der Waals surface area (Å²) in [5, 5.41) is 4.35. The maximum atomic E-state index is 13.0. The second kappa shape index (κ2) is 10.8. The third-order valence-corrected chi connectivity index (χ3v) is 8.70. The van der Waals surface area contributed by atoms with Gasteiger partial charge in [0.1, 0.15) is 16.5 Å². The number of anilines is 1. The first-order valence-electron chi connectivity index (χ1n) is 12.9. The summed E-state index contributed by atoms with van der Waals surface area (Å²) in [7, 11) is 0. The molecular formula is C32H25ClN2O4S. The Balaban J connectivity index is 1.25. The normalized spacial score (nSPS) is 14.3. The van der Waals surface area contributed by atoms with Crippen molar-refractivity contribution in [1.82, 2.24) is 4.98 Å². The number of carbonyl (C=O) groups is 2. The van der Waals surface area contributed by atoms with Crippen LogP contribution in [-0.4, -0.2) is 17.5 Å². The molecule has 0 aliphatic heterocycles. The summed E-state index contributed by atoms with van der Waals surface area (Å²) in [4.78, 5) is 30.1. The number of amides is 1. The lowest BCUT2D eigenvalue weighted by Crippen LogP contribution is -2.16. The number of nitrogens with zero attached hydrogens (tertiary/aromatic N) is 1. The quantitative estimate of drug-likeness (QED) is 0.189. The SMILES string of the molecule is C[C@@H](OC(=O)Nc1c(-c2ccc(-c3ccc(C4(OC=O)CC4)cc3)cc2)sc2ncccc12)c1ccccc1Cl. The molecule has 0 unspecified atom stereocenters. The van der Waals surface area contributed by atoms with Crippen LogP contribution in [0.2, 0.25) is 5.02 Å². The van der Waals surface area contributed by atoms with Gasteiger partial charge in [-0.05, 0) is 60.2 Å². The van der Waals surface area contributed by atoms with Crippen LogP contribution in [0.5, 0.6) is 0 Å². The van der Waals surface area contributed by atoms with E-state index >= 15 is 0 Å². The van der Waals surface area contributed by atoms with E-state index in [4.69, 9.17) is 21.1 Å². The van der Waals surface area contributed by atoms with Gasteiger partial charge in [0.15, 0.2) is 0 Å². The molecule has 2 aromatic heterocycles. The lowest BCUT2D eigenvalue weighted by molar-refractivity contribution is -0.136. The molecule has 1 aliphatic carbocycles. The second-order valence-corrected chi connectivity index (χ2v) is 11.1. The van der Waals surface area contributed by atoms with Crippen molar-refractivity contribution in [2.45, 2.75) is 31.5 Å². The number of ether oxygens (including phenoxy) is 2. The molecule has 40 heavy (non-hydrogen) atoms. The highest BCUT2D eigenvalue weighted by atomic mass is 35.5. The fourth-order valence-electron chi connectivity index (χ4n) is 4.88. The van der Waals surface area contributed by atoms with Gasteiger partial charge in [-0.1, -0.05) is 78.3 Å². The van der Waals surface area contributed by atoms with Gasteiger partial charge in [0, 0.05) is 22.2 Å². The van der Waals surface area contributed by atoms with Crippen LogP contribution in [-0.2, 0) is 19.9 Å². The Morgan fingerprint density at radius 1 is 0.975 bits per heavy atom. The zero-order valence-electron chi connectivity index (χ0n) is 21.6. The van der Waals surface area contributed by atoms with Crippen LogP contribution in [0.3, 0.4) is 0 Å². The van der Waals surface area contributed by atoms with E-state index in [0.29, 0.717) is 17.2 Å². The molecule has 6 rings (SSSR count). The van der Waals surface area contributed by atoms with Crippen molar-refractivity contribution in [3.63, 3.8) is 0 Å². The number of fused-ring (bicyclic) bond motifs is 1. The zero-order chi connectivity index (χ0) is 27.7. The number of pyridine rings is 1. The van der Waals surface area contributed by atoms with Gasteiger partial charge >= 0.3 is 6.09 Å². The number of hydrogen-bond acceptors (Lipinski definition) is 6. The number of carbonyl (C=O) groups excluding carboxylic acids is 2. The molecule has 200 valence electrons. The molecule has 1 fully saturated rings. The minimum Gasteiger partial charge on any atom is -0.456 e. The number of hydrogen-bond donors (Lipinski definition) is 1. The molecule has 1 N–H and O–H groups in total. The molecule has 2 heterocycles. The van der Waals surface area contributed by atoms with Crippen molar-refractivity contribution >= 4 is 51.4 Å². The predicted octanol–water partition coefficient (Wildman–Crippen LogP) is 8.76. The smallest absolute Gasteiger partial charge is 0.412 e. The van der Waals surface area contributed by atoms with E-state index in [1.165, 1.54) is 11.3 Å². The second-order valence-electron chi connectivity index (χ2n) is 9.72. The first-order chi connectivity index (χ1) is 19.5. The number of halogens is 1. The Labute approximate surface area is 240 Å². The average molecular weight is 569 g/mol. The van der Waals surface area contributed by atoms with E-state index in [2.05, 4.69) is 22.4 Å². The minimum atomic E-state index is -0.569. The molecule has 6 nitrogen and oxygen atoms in total. The van der Waals surface area contributed by atoms with Gasteiger partial charge in [0.05, 0.1) is 10.6 Å². The van der Waals surface area contributed by atoms with Crippen LogP contribution in [0, 0.1) is 0 Å². The van der Waals surface area contributed by atoms with Gasteiger partial charge < -0.3 is 9.47 Å². The minimum absolute atomic E-state index is 0.449. The first kappa shape index (κ1) is 26.0. The summed E-state index contributed by atoms with van der Waals surface area (Å²) in [5.74, 6) is 0. The van der Waals surface area contributed by atoms with Crippen LogP contribution in [0.15, 0.2) is 91.1 Å². The molecule has 1 saturated carbocycles. The monoisotopic (exact) mass is 568 g/mol. The van der Waals surface area contributed by atoms with E-state index in [-0.39, 0.29) is 0 Å². The summed E-state index contributed by atoms with van der Waals surface area (Å²) in [5.41, 5.74) is 5.03. The number of rotatable bonds is 8. The van der Waals surface area contributed by atoms with E-state index in [9.17, 15) is 9.59 Å². The van der Waals surface area contributed by atoms with Crippen molar-refractivity contribution in [1.29, 1.82) is 0 Å². The standard InChI is InChI=1S/C32H25ClN2O4S/c1-20(25-5-2-3-7-27(25)33)39-31(37)35-28-26-6-4-18-34-30(26)40-29(28)23-10-8-21(9-11-23)22-12-14-24(15-13-22)32(16-17-32)38-19-36/h2-15,18-20H,16-17H2,1H3,(H,35,37)/t20-/m1/s1. The highest BCUT2D eigenvalue weighted by molar-refractivity contribution is 7.22. The number of benzene rings is 3. The Hall–Kier alpha value is -4.20. The molecule has 1 amide bonds. The predicted molar refractivity (Wildman–Crippen MR) is 159 cm³/mol. The van der Waals surface area contributed by atoms with Crippen molar-refractivity contribution in [2.24, 2.45) is 0 Å². The maximum absolute atomic E-state index is 13.0. The van der Waals surface area contributed by atoms with Crippen LogP contribution in [0.4, 0.5) is 10.5 Å². The van der Waals surface area contributed by atoms with Crippen molar-refractivity contribution in [3.05, 3.63) is 107 Å². The molecule has 5 aromatic rings. The van der Waals surface area contributed by atoms with Gasteiger partial charge in [0.25, 0.3) is 6.47 Å². The number of thiophene rings is 1.